The molecule has 1 N–H and O–H groups in total. The van der Waals surface area contributed by atoms with Gasteiger partial charge in [-0.1, -0.05) is 30.3 Å². The highest BCUT2D eigenvalue weighted by atomic mass is 16.5. The van der Waals surface area contributed by atoms with Crippen LogP contribution in [0.15, 0.2) is 48.7 Å². The second-order valence-electron chi connectivity index (χ2n) is 5.34. The van der Waals surface area contributed by atoms with Crippen LogP contribution >= 0.6 is 0 Å². The number of rotatable bonds is 7. The molecule has 1 heterocycles. The smallest absolute Gasteiger partial charge is 0.259 e. The number of benzene rings is 1. The lowest BCUT2D eigenvalue weighted by Crippen LogP contribution is -2.39. The van der Waals surface area contributed by atoms with Gasteiger partial charge in [-0.25, -0.2) is 4.98 Å². The lowest BCUT2D eigenvalue weighted by molar-refractivity contribution is 0.0644. The van der Waals surface area contributed by atoms with Gasteiger partial charge in [-0.15, -0.1) is 0 Å². The predicted molar refractivity (Wildman–Crippen MR) is 88.3 cm³/mol. The van der Waals surface area contributed by atoms with Gasteiger partial charge in [-0.05, 0) is 31.0 Å². The summed E-state index contributed by atoms with van der Waals surface area (Å²) in [5.41, 5.74) is 1.46. The van der Waals surface area contributed by atoms with E-state index in [4.69, 9.17) is 4.74 Å². The molecular formula is C18H22N2O3. The summed E-state index contributed by atoms with van der Waals surface area (Å²) in [6.45, 7) is 2.43. The summed E-state index contributed by atoms with van der Waals surface area (Å²) in [5.74, 6) is 0.159. The predicted octanol–water partition coefficient (Wildman–Crippen LogP) is 2.50. The molecule has 1 aromatic carbocycles. The lowest BCUT2D eigenvalue weighted by atomic mass is 10.1. The molecule has 5 nitrogen and oxygen atoms in total. The first-order chi connectivity index (χ1) is 11.2. The molecule has 0 saturated heterocycles. The fraction of sp³-hybridized carbons (Fsp3) is 0.333. The zero-order valence-corrected chi connectivity index (χ0v) is 13.5. The summed E-state index contributed by atoms with van der Waals surface area (Å²) in [4.78, 5) is 18.8. The summed E-state index contributed by atoms with van der Waals surface area (Å²) in [6.07, 6.45) is 2.11. The number of nitrogens with zero attached hydrogens (tertiary/aromatic N) is 2. The molecule has 0 bridgehead atoms. The van der Waals surface area contributed by atoms with Crippen molar-refractivity contribution < 1.29 is 14.6 Å². The first kappa shape index (κ1) is 17.0. The molecule has 0 radical (unpaired) electrons. The Kier molecular flexibility index (Phi) is 6.11. The standard InChI is InChI=1S/C18H22N2O3/c1-14(10-12-21)20(13-15-7-4-3-5-8-15)18(22)16-9-6-11-19-17(16)23-2/h3-9,11,14,21H,10,12-13H2,1-2H3. The van der Waals surface area contributed by atoms with Gasteiger partial charge in [0.1, 0.15) is 5.56 Å². The Morgan fingerprint density at radius 3 is 2.65 bits per heavy atom. The van der Waals surface area contributed by atoms with Gasteiger partial charge >= 0.3 is 0 Å². The van der Waals surface area contributed by atoms with E-state index < -0.39 is 0 Å². The number of ether oxygens (including phenoxy) is 1. The number of methoxy groups -OCH3 is 1. The van der Waals surface area contributed by atoms with Gasteiger partial charge in [-0.3, -0.25) is 4.79 Å². The molecule has 122 valence electrons. The van der Waals surface area contributed by atoms with E-state index in [1.165, 1.54) is 7.11 Å². The van der Waals surface area contributed by atoms with Crippen molar-refractivity contribution in [3.05, 3.63) is 59.8 Å². The molecule has 23 heavy (non-hydrogen) atoms. The molecule has 1 unspecified atom stereocenters. The van der Waals surface area contributed by atoms with Crippen LogP contribution in [0.4, 0.5) is 0 Å². The Morgan fingerprint density at radius 1 is 1.26 bits per heavy atom. The third kappa shape index (κ3) is 4.29. The Hall–Kier alpha value is -2.40. The van der Waals surface area contributed by atoms with Crippen molar-refractivity contribution in [3.63, 3.8) is 0 Å². The van der Waals surface area contributed by atoms with Crippen LogP contribution < -0.4 is 4.74 Å². The lowest BCUT2D eigenvalue weighted by Gasteiger charge is -2.29. The topological polar surface area (TPSA) is 62.7 Å². The van der Waals surface area contributed by atoms with E-state index in [2.05, 4.69) is 4.98 Å². The number of carbonyl (C=O) groups excluding carboxylic acids is 1. The summed E-state index contributed by atoms with van der Waals surface area (Å²) in [6, 6.07) is 13.1. The van der Waals surface area contributed by atoms with Crippen LogP contribution in [0.3, 0.4) is 0 Å². The largest absolute Gasteiger partial charge is 0.480 e. The molecule has 1 aromatic heterocycles. The van der Waals surface area contributed by atoms with Crippen LogP contribution in [0.25, 0.3) is 0 Å². The molecule has 5 heteroatoms. The van der Waals surface area contributed by atoms with Gasteiger partial charge in [0.05, 0.1) is 7.11 Å². The molecule has 0 aliphatic carbocycles. The molecule has 2 aromatic rings. The number of aliphatic hydroxyl groups excluding tert-OH is 1. The first-order valence-electron chi connectivity index (χ1n) is 7.62. The maximum absolute atomic E-state index is 13.0. The number of amides is 1. The Balaban J connectivity index is 2.30. The highest BCUT2D eigenvalue weighted by Gasteiger charge is 2.24. The molecule has 0 aliphatic rings. The summed E-state index contributed by atoms with van der Waals surface area (Å²) < 4.78 is 5.20. The van der Waals surface area contributed by atoms with Crippen molar-refractivity contribution in [1.82, 2.24) is 9.88 Å². The minimum absolute atomic E-state index is 0.0317. The molecule has 1 atom stereocenters. The quantitative estimate of drug-likeness (QED) is 0.853. The Labute approximate surface area is 136 Å². The maximum atomic E-state index is 13.0. The first-order valence-corrected chi connectivity index (χ1v) is 7.62. The fourth-order valence-corrected chi connectivity index (χ4v) is 2.42. The van der Waals surface area contributed by atoms with Crippen LogP contribution in [0.1, 0.15) is 29.3 Å². The molecular weight excluding hydrogens is 292 g/mol. The number of pyridine rings is 1. The van der Waals surface area contributed by atoms with Crippen molar-refractivity contribution in [2.45, 2.75) is 25.9 Å². The molecule has 0 spiro atoms. The monoisotopic (exact) mass is 314 g/mol. The minimum Gasteiger partial charge on any atom is -0.480 e. The number of carbonyl (C=O) groups is 1. The van der Waals surface area contributed by atoms with E-state index in [1.807, 2.05) is 37.3 Å². The van der Waals surface area contributed by atoms with E-state index in [-0.39, 0.29) is 18.6 Å². The summed E-state index contributed by atoms with van der Waals surface area (Å²) in [7, 11) is 1.50. The second-order valence-corrected chi connectivity index (χ2v) is 5.34. The normalized spacial score (nSPS) is 11.8. The van der Waals surface area contributed by atoms with Gasteiger partial charge in [0.2, 0.25) is 5.88 Å². The number of hydrogen-bond donors (Lipinski definition) is 1. The van der Waals surface area contributed by atoms with Crippen LogP contribution in [0.5, 0.6) is 5.88 Å². The molecule has 0 fully saturated rings. The molecule has 0 aliphatic heterocycles. The maximum Gasteiger partial charge on any atom is 0.259 e. The van der Waals surface area contributed by atoms with E-state index in [0.717, 1.165) is 5.56 Å². The minimum atomic E-state index is -0.153. The highest BCUT2D eigenvalue weighted by molar-refractivity contribution is 5.96. The van der Waals surface area contributed by atoms with Crippen molar-refractivity contribution in [1.29, 1.82) is 0 Å². The van der Waals surface area contributed by atoms with Gasteiger partial charge < -0.3 is 14.7 Å². The van der Waals surface area contributed by atoms with Crippen molar-refractivity contribution in [2.75, 3.05) is 13.7 Å². The second kappa shape index (κ2) is 8.29. The van der Waals surface area contributed by atoms with Crippen molar-refractivity contribution >= 4 is 5.91 Å². The van der Waals surface area contributed by atoms with Crippen molar-refractivity contribution in [2.24, 2.45) is 0 Å². The van der Waals surface area contributed by atoms with Crippen molar-refractivity contribution in [3.8, 4) is 5.88 Å². The Bertz CT molecular complexity index is 631. The van der Waals surface area contributed by atoms with E-state index in [9.17, 15) is 9.90 Å². The van der Waals surface area contributed by atoms with Gasteiger partial charge in [0.25, 0.3) is 5.91 Å². The van der Waals surface area contributed by atoms with Gasteiger partial charge in [0.15, 0.2) is 0 Å². The third-order valence-electron chi connectivity index (χ3n) is 3.73. The van der Waals surface area contributed by atoms with E-state index in [0.29, 0.717) is 24.4 Å². The summed E-state index contributed by atoms with van der Waals surface area (Å²) in [5, 5.41) is 9.23. The third-order valence-corrected chi connectivity index (χ3v) is 3.73. The van der Waals surface area contributed by atoms with Crippen LogP contribution in [-0.2, 0) is 6.54 Å². The molecule has 2 rings (SSSR count). The average molecular weight is 314 g/mol. The number of hydrogen-bond acceptors (Lipinski definition) is 4. The van der Waals surface area contributed by atoms with E-state index in [1.54, 1.807) is 23.2 Å². The van der Waals surface area contributed by atoms with Gasteiger partial charge in [0, 0.05) is 25.4 Å². The van der Waals surface area contributed by atoms with E-state index >= 15 is 0 Å². The van der Waals surface area contributed by atoms with Crippen LogP contribution in [0.2, 0.25) is 0 Å². The SMILES string of the molecule is COc1ncccc1C(=O)N(Cc1ccccc1)C(C)CCO. The summed E-state index contributed by atoms with van der Waals surface area (Å²) >= 11 is 0. The molecule has 0 saturated carbocycles. The average Bonchev–Trinajstić information content (AvgIpc) is 2.60. The fourth-order valence-electron chi connectivity index (χ4n) is 2.42. The highest BCUT2D eigenvalue weighted by Crippen LogP contribution is 2.20. The zero-order valence-electron chi connectivity index (χ0n) is 13.5. The Morgan fingerprint density at radius 2 is 2.00 bits per heavy atom. The number of aliphatic hydroxyl groups is 1. The molecule has 1 amide bonds. The zero-order chi connectivity index (χ0) is 16.7. The van der Waals surface area contributed by atoms with Gasteiger partial charge in [-0.2, -0.15) is 0 Å². The number of aromatic nitrogens is 1. The van der Waals surface area contributed by atoms with Crippen LogP contribution in [0, 0.1) is 0 Å². The van der Waals surface area contributed by atoms with Crippen LogP contribution in [-0.4, -0.2) is 40.7 Å².